The average molecular weight is 250 g/mol. The van der Waals surface area contributed by atoms with Crippen LogP contribution in [0, 0.1) is 0 Å². The molecule has 18 heavy (non-hydrogen) atoms. The lowest BCUT2D eigenvalue weighted by molar-refractivity contribution is 0.169. The van der Waals surface area contributed by atoms with Crippen LogP contribution >= 0.6 is 0 Å². The van der Waals surface area contributed by atoms with Crippen LogP contribution in [0.3, 0.4) is 0 Å². The van der Waals surface area contributed by atoms with Crippen LogP contribution < -0.4 is 4.90 Å². The normalized spacial score (nSPS) is 16.6. The molecule has 0 bridgehead atoms. The molecule has 0 radical (unpaired) electrons. The monoisotopic (exact) mass is 250 g/mol. The highest BCUT2D eigenvalue weighted by Gasteiger charge is 2.29. The van der Waals surface area contributed by atoms with Gasteiger partial charge in [0.1, 0.15) is 0 Å². The van der Waals surface area contributed by atoms with E-state index in [4.69, 9.17) is 4.74 Å². The summed E-state index contributed by atoms with van der Waals surface area (Å²) >= 11 is 0. The van der Waals surface area contributed by atoms with Crippen LogP contribution in [0.1, 0.15) is 38.0 Å². The lowest BCUT2D eigenvalue weighted by Gasteiger charge is -2.24. The van der Waals surface area contributed by atoms with E-state index >= 15 is 0 Å². The molecule has 1 heterocycles. The van der Waals surface area contributed by atoms with Gasteiger partial charge in [0.2, 0.25) is 0 Å². The third kappa shape index (κ3) is 3.21. The van der Waals surface area contributed by atoms with E-state index in [9.17, 15) is 5.11 Å². The van der Waals surface area contributed by atoms with Gasteiger partial charge in [0.25, 0.3) is 0 Å². The summed E-state index contributed by atoms with van der Waals surface area (Å²) < 4.78 is 5.15. The number of aliphatic hydroxyl groups excluding tert-OH is 1. The van der Waals surface area contributed by atoms with Gasteiger partial charge in [-0.05, 0) is 31.4 Å². The average Bonchev–Trinajstić information content (AvgIpc) is 3.24. The molecule has 1 aromatic rings. The van der Waals surface area contributed by atoms with Crippen LogP contribution in [0.2, 0.25) is 0 Å². The van der Waals surface area contributed by atoms with Crippen molar-refractivity contribution >= 4 is 5.69 Å². The van der Waals surface area contributed by atoms with Crippen molar-refractivity contribution in [1.29, 1.82) is 0 Å². The molecule has 4 heteroatoms. The molecule has 1 aromatic heterocycles. The Bertz CT molecular complexity index is 363. The fraction of sp³-hybridized carbons (Fsp3) is 0.643. The number of methoxy groups -OCH3 is 1. The summed E-state index contributed by atoms with van der Waals surface area (Å²) in [5.74, 6) is 0. The standard InChI is InChI=1S/C14H22N2O2/c1-3-14(17)13-7-6-12(10-15-13)16(8-9-18-2)11-4-5-11/h6-7,10-11,14,17H,3-5,8-9H2,1-2H3/t14-/m0/s1. The van der Waals surface area contributed by atoms with Gasteiger partial charge in [0, 0.05) is 19.7 Å². The Labute approximate surface area is 109 Å². The summed E-state index contributed by atoms with van der Waals surface area (Å²) in [5, 5.41) is 9.73. The number of pyridine rings is 1. The molecule has 1 N–H and O–H groups in total. The highest BCUT2D eigenvalue weighted by atomic mass is 16.5. The summed E-state index contributed by atoms with van der Waals surface area (Å²) in [4.78, 5) is 6.70. The summed E-state index contributed by atoms with van der Waals surface area (Å²) in [6.45, 7) is 3.59. The van der Waals surface area contributed by atoms with Crippen molar-refractivity contribution in [2.45, 2.75) is 38.3 Å². The molecule has 1 fully saturated rings. The number of aliphatic hydroxyl groups is 1. The third-order valence-corrected chi connectivity index (χ3v) is 3.35. The molecule has 1 atom stereocenters. The molecule has 0 spiro atoms. The predicted octanol–water partition coefficient (Wildman–Crippen LogP) is 2.14. The minimum atomic E-state index is -0.451. The van der Waals surface area contributed by atoms with Crippen molar-refractivity contribution in [2.24, 2.45) is 0 Å². The van der Waals surface area contributed by atoms with Gasteiger partial charge in [0.05, 0.1) is 30.3 Å². The first-order valence-corrected chi connectivity index (χ1v) is 6.65. The number of hydrogen-bond acceptors (Lipinski definition) is 4. The largest absolute Gasteiger partial charge is 0.387 e. The molecule has 100 valence electrons. The fourth-order valence-electron chi connectivity index (χ4n) is 2.07. The Morgan fingerprint density at radius 2 is 2.28 bits per heavy atom. The third-order valence-electron chi connectivity index (χ3n) is 3.35. The highest BCUT2D eigenvalue weighted by Crippen LogP contribution is 2.31. The maximum Gasteiger partial charge on any atom is 0.0957 e. The number of aromatic nitrogens is 1. The zero-order valence-electron chi connectivity index (χ0n) is 11.2. The minimum Gasteiger partial charge on any atom is -0.387 e. The Balaban J connectivity index is 2.05. The Morgan fingerprint density at radius 1 is 1.50 bits per heavy atom. The van der Waals surface area contributed by atoms with Crippen LogP contribution in [0.5, 0.6) is 0 Å². The second-order valence-corrected chi connectivity index (χ2v) is 4.78. The fourth-order valence-corrected chi connectivity index (χ4v) is 2.07. The van der Waals surface area contributed by atoms with E-state index in [1.807, 2.05) is 19.2 Å². The number of ether oxygens (including phenoxy) is 1. The zero-order valence-corrected chi connectivity index (χ0v) is 11.2. The SMILES string of the molecule is CC[C@H](O)c1ccc(N(CCOC)C2CC2)cn1. The lowest BCUT2D eigenvalue weighted by atomic mass is 10.2. The van der Waals surface area contributed by atoms with Gasteiger partial charge in [-0.3, -0.25) is 4.98 Å². The van der Waals surface area contributed by atoms with Crippen LogP contribution in [0.25, 0.3) is 0 Å². The Kier molecular flexibility index (Phi) is 4.55. The second kappa shape index (κ2) is 6.16. The number of rotatable bonds is 7. The second-order valence-electron chi connectivity index (χ2n) is 4.78. The van der Waals surface area contributed by atoms with Crippen molar-refractivity contribution in [2.75, 3.05) is 25.2 Å². The number of anilines is 1. The molecule has 0 unspecified atom stereocenters. The minimum absolute atomic E-state index is 0.451. The maximum atomic E-state index is 9.73. The Morgan fingerprint density at radius 3 is 2.78 bits per heavy atom. The first kappa shape index (κ1) is 13.3. The van der Waals surface area contributed by atoms with Crippen LogP contribution in [0.15, 0.2) is 18.3 Å². The smallest absolute Gasteiger partial charge is 0.0957 e. The van der Waals surface area contributed by atoms with Crippen molar-refractivity contribution in [3.05, 3.63) is 24.0 Å². The van der Waals surface area contributed by atoms with E-state index in [0.29, 0.717) is 12.5 Å². The van der Waals surface area contributed by atoms with Crippen LogP contribution in [0.4, 0.5) is 5.69 Å². The molecule has 0 saturated heterocycles. The quantitative estimate of drug-likeness (QED) is 0.805. The van der Waals surface area contributed by atoms with Gasteiger partial charge in [-0.1, -0.05) is 6.92 Å². The van der Waals surface area contributed by atoms with Gasteiger partial charge < -0.3 is 14.7 Å². The summed E-state index contributed by atoms with van der Waals surface area (Å²) in [7, 11) is 1.73. The van der Waals surface area contributed by atoms with E-state index in [1.165, 1.54) is 12.8 Å². The van der Waals surface area contributed by atoms with Gasteiger partial charge in [0.15, 0.2) is 0 Å². The first-order valence-electron chi connectivity index (χ1n) is 6.65. The summed E-state index contributed by atoms with van der Waals surface area (Å²) in [5.41, 5.74) is 1.88. The lowest BCUT2D eigenvalue weighted by Crippen LogP contribution is -2.29. The summed E-state index contributed by atoms with van der Waals surface area (Å²) in [6.07, 6.45) is 4.61. The van der Waals surface area contributed by atoms with E-state index in [1.54, 1.807) is 7.11 Å². The van der Waals surface area contributed by atoms with Crippen molar-refractivity contribution in [3.8, 4) is 0 Å². The maximum absolute atomic E-state index is 9.73. The van der Waals surface area contributed by atoms with Crippen LogP contribution in [-0.4, -0.2) is 36.4 Å². The number of nitrogens with zero attached hydrogens (tertiary/aromatic N) is 2. The van der Waals surface area contributed by atoms with E-state index in [2.05, 4.69) is 16.0 Å². The van der Waals surface area contributed by atoms with Gasteiger partial charge in [-0.2, -0.15) is 0 Å². The van der Waals surface area contributed by atoms with Gasteiger partial charge in [-0.15, -0.1) is 0 Å². The highest BCUT2D eigenvalue weighted by molar-refractivity contribution is 5.47. The molecule has 1 aliphatic rings. The van der Waals surface area contributed by atoms with Crippen molar-refractivity contribution in [1.82, 2.24) is 4.98 Å². The van der Waals surface area contributed by atoms with Crippen LogP contribution in [-0.2, 0) is 4.74 Å². The van der Waals surface area contributed by atoms with Crippen molar-refractivity contribution < 1.29 is 9.84 Å². The first-order chi connectivity index (χ1) is 8.76. The molecular formula is C14H22N2O2. The Hall–Kier alpha value is -1.13. The predicted molar refractivity (Wildman–Crippen MR) is 71.7 cm³/mol. The molecule has 1 aliphatic carbocycles. The van der Waals surface area contributed by atoms with E-state index in [-0.39, 0.29) is 0 Å². The summed E-state index contributed by atoms with van der Waals surface area (Å²) in [6, 6.07) is 4.62. The number of hydrogen-bond donors (Lipinski definition) is 1. The zero-order chi connectivity index (χ0) is 13.0. The van der Waals surface area contributed by atoms with E-state index < -0.39 is 6.10 Å². The molecule has 0 amide bonds. The van der Waals surface area contributed by atoms with Gasteiger partial charge in [-0.25, -0.2) is 0 Å². The topological polar surface area (TPSA) is 45.6 Å². The van der Waals surface area contributed by atoms with Crippen molar-refractivity contribution in [3.63, 3.8) is 0 Å². The molecule has 0 aliphatic heterocycles. The molecule has 0 aromatic carbocycles. The molecule has 4 nitrogen and oxygen atoms in total. The van der Waals surface area contributed by atoms with E-state index in [0.717, 1.165) is 24.5 Å². The molecular weight excluding hydrogens is 228 g/mol. The molecule has 1 saturated carbocycles. The molecule has 2 rings (SSSR count). The van der Waals surface area contributed by atoms with Gasteiger partial charge >= 0.3 is 0 Å².